The Labute approximate surface area is 147 Å². The minimum absolute atomic E-state index is 0.131. The second-order valence-electron chi connectivity index (χ2n) is 6.40. The van der Waals surface area contributed by atoms with Crippen molar-refractivity contribution in [1.29, 1.82) is 0 Å². The predicted molar refractivity (Wildman–Crippen MR) is 95.1 cm³/mol. The first-order chi connectivity index (χ1) is 11.9. The Kier molecular flexibility index (Phi) is 4.43. The number of hydrogen-bond acceptors (Lipinski definition) is 4. The highest BCUT2D eigenvalue weighted by atomic mass is 32.2. The Morgan fingerprint density at radius 1 is 1.12 bits per heavy atom. The van der Waals surface area contributed by atoms with Gasteiger partial charge in [-0.3, -0.25) is 4.79 Å². The van der Waals surface area contributed by atoms with Gasteiger partial charge in [0.1, 0.15) is 5.41 Å². The van der Waals surface area contributed by atoms with Crippen LogP contribution in [0.25, 0.3) is 0 Å². The van der Waals surface area contributed by atoms with Crippen LogP contribution in [0.4, 0.5) is 0 Å². The number of carbonyl (C=O) groups is 1. The predicted octanol–water partition coefficient (Wildman–Crippen LogP) is 2.22. The zero-order chi connectivity index (χ0) is 18.2. The summed E-state index contributed by atoms with van der Waals surface area (Å²) in [6.45, 7) is 1.80. The summed E-state index contributed by atoms with van der Waals surface area (Å²) in [6.07, 6.45) is 0.859. The smallest absolute Gasteiger partial charge is 0.312 e. The van der Waals surface area contributed by atoms with Gasteiger partial charge in [-0.25, -0.2) is 8.42 Å². The first-order valence-corrected chi connectivity index (χ1v) is 9.75. The molecule has 2 aromatic carbocycles. The molecule has 3 rings (SSSR count). The zero-order valence-corrected chi connectivity index (χ0v) is 14.7. The minimum atomic E-state index is -3.80. The number of benzene rings is 2. The van der Waals surface area contributed by atoms with Crippen LogP contribution >= 0.6 is 0 Å². The van der Waals surface area contributed by atoms with E-state index in [0.29, 0.717) is 5.56 Å². The molecule has 1 aliphatic rings. The van der Waals surface area contributed by atoms with Crippen LogP contribution < -0.4 is 5.73 Å². The molecule has 0 amide bonds. The second kappa shape index (κ2) is 6.28. The molecule has 2 aromatic rings. The van der Waals surface area contributed by atoms with E-state index in [1.54, 1.807) is 18.2 Å². The van der Waals surface area contributed by atoms with Crippen LogP contribution in [0.3, 0.4) is 0 Å². The Bertz CT molecular complexity index is 877. The van der Waals surface area contributed by atoms with Gasteiger partial charge in [0.15, 0.2) is 9.84 Å². The first-order valence-electron chi connectivity index (χ1n) is 8.20. The molecule has 25 heavy (non-hydrogen) atoms. The second-order valence-corrected chi connectivity index (χ2v) is 8.47. The Morgan fingerprint density at radius 3 is 2.20 bits per heavy atom. The molecule has 0 radical (unpaired) electrons. The molecule has 3 atom stereocenters. The van der Waals surface area contributed by atoms with Crippen LogP contribution in [-0.2, 0) is 21.1 Å². The van der Waals surface area contributed by atoms with E-state index in [9.17, 15) is 18.3 Å². The summed E-state index contributed by atoms with van der Waals surface area (Å²) in [7, 11) is -3.80. The van der Waals surface area contributed by atoms with Crippen LogP contribution in [0.2, 0.25) is 0 Å². The molecule has 1 fully saturated rings. The van der Waals surface area contributed by atoms with Crippen molar-refractivity contribution in [3.05, 3.63) is 65.7 Å². The lowest BCUT2D eigenvalue weighted by atomic mass is 9.98. The highest BCUT2D eigenvalue weighted by Crippen LogP contribution is 2.63. The van der Waals surface area contributed by atoms with Gasteiger partial charge in [0.25, 0.3) is 0 Å². The summed E-state index contributed by atoms with van der Waals surface area (Å²) in [6, 6.07) is 15.4. The Morgan fingerprint density at radius 2 is 1.72 bits per heavy atom. The van der Waals surface area contributed by atoms with E-state index < -0.39 is 32.4 Å². The van der Waals surface area contributed by atoms with Crippen molar-refractivity contribution in [1.82, 2.24) is 0 Å². The maximum Gasteiger partial charge on any atom is 0.312 e. The number of nitrogens with two attached hydrogens (primary N) is 1. The maximum atomic E-state index is 13.1. The quantitative estimate of drug-likeness (QED) is 0.824. The van der Waals surface area contributed by atoms with Gasteiger partial charge in [-0.1, -0.05) is 49.4 Å². The third-order valence-electron chi connectivity index (χ3n) is 5.15. The number of sulfone groups is 1. The molecule has 132 valence electrons. The standard InChI is InChI=1S/C19H21NO4S/c1-2-13-8-10-14(11-9-13)16-17(19(16,12-20)18(21)22)25(23,24)15-6-4-3-5-7-15/h3-11,16-17H,2,12,20H2,1H3,(H,21,22)/t16-,17-,19-/m1/s1. The van der Waals surface area contributed by atoms with E-state index in [-0.39, 0.29) is 11.4 Å². The van der Waals surface area contributed by atoms with Gasteiger partial charge in [0.2, 0.25) is 0 Å². The third-order valence-corrected chi connectivity index (χ3v) is 7.44. The number of carboxylic acids is 1. The average Bonchev–Trinajstić information content (AvgIpc) is 3.34. The SMILES string of the molecule is CCc1ccc([C@@H]2[C@@H](S(=O)(=O)c3ccccc3)[C@]2(CN)C(=O)O)cc1. The summed E-state index contributed by atoms with van der Waals surface area (Å²) >= 11 is 0. The van der Waals surface area contributed by atoms with Gasteiger partial charge in [0, 0.05) is 12.5 Å². The number of hydrogen-bond donors (Lipinski definition) is 2. The van der Waals surface area contributed by atoms with Gasteiger partial charge in [-0.2, -0.15) is 0 Å². The summed E-state index contributed by atoms with van der Waals surface area (Å²) in [5.74, 6) is -1.81. The monoisotopic (exact) mass is 359 g/mol. The summed E-state index contributed by atoms with van der Waals surface area (Å²) in [5.41, 5.74) is 6.10. The average molecular weight is 359 g/mol. The molecule has 6 heteroatoms. The Hall–Kier alpha value is -2.18. The van der Waals surface area contributed by atoms with E-state index in [4.69, 9.17) is 5.73 Å². The van der Waals surface area contributed by atoms with Crippen molar-refractivity contribution >= 4 is 15.8 Å². The number of rotatable bonds is 6. The molecule has 0 saturated heterocycles. The van der Waals surface area contributed by atoms with Crippen LogP contribution in [-0.4, -0.2) is 31.3 Å². The molecular weight excluding hydrogens is 338 g/mol. The Balaban J connectivity index is 2.08. The molecule has 0 aromatic heterocycles. The third kappa shape index (κ3) is 2.65. The van der Waals surface area contributed by atoms with E-state index in [0.717, 1.165) is 12.0 Å². The lowest BCUT2D eigenvalue weighted by molar-refractivity contribution is -0.143. The largest absolute Gasteiger partial charge is 0.481 e. The van der Waals surface area contributed by atoms with E-state index in [1.807, 2.05) is 31.2 Å². The van der Waals surface area contributed by atoms with Crippen LogP contribution in [0.15, 0.2) is 59.5 Å². The van der Waals surface area contributed by atoms with Crippen molar-refractivity contribution < 1.29 is 18.3 Å². The van der Waals surface area contributed by atoms with Crippen LogP contribution in [0.5, 0.6) is 0 Å². The molecule has 0 aliphatic heterocycles. The zero-order valence-electron chi connectivity index (χ0n) is 13.9. The van der Waals surface area contributed by atoms with Crippen molar-refractivity contribution in [2.24, 2.45) is 11.1 Å². The van der Waals surface area contributed by atoms with E-state index in [1.165, 1.54) is 12.1 Å². The van der Waals surface area contributed by atoms with Gasteiger partial charge in [-0.05, 0) is 29.7 Å². The van der Waals surface area contributed by atoms with Gasteiger partial charge in [-0.15, -0.1) is 0 Å². The minimum Gasteiger partial charge on any atom is -0.481 e. The first kappa shape index (κ1) is 17.6. The summed E-state index contributed by atoms with van der Waals surface area (Å²) < 4.78 is 26.1. The fourth-order valence-corrected chi connectivity index (χ4v) is 6.04. The number of aryl methyl sites for hydroxylation is 1. The highest BCUT2D eigenvalue weighted by Gasteiger charge is 2.75. The fraction of sp³-hybridized carbons (Fsp3) is 0.316. The molecule has 0 spiro atoms. The van der Waals surface area contributed by atoms with Crippen LogP contribution in [0.1, 0.15) is 24.0 Å². The fourth-order valence-electron chi connectivity index (χ4n) is 3.64. The van der Waals surface area contributed by atoms with Crippen molar-refractivity contribution in [2.45, 2.75) is 29.4 Å². The molecule has 1 saturated carbocycles. The molecule has 1 aliphatic carbocycles. The molecule has 0 heterocycles. The number of aliphatic carboxylic acids is 1. The lowest BCUT2D eigenvalue weighted by Crippen LogP contribution is -2.31. The van der Waals surface area contributed by atoms with Gasteiger partial charge >= 0.3 is 5.97 Å². The molecule has 0 bridgehead atoms. The normalized spacial score (nSPS) is 25.5. The highest BCUT2D eigenvalue weighted by molar-refractivity contribution is 7.92. The van der Waals surface area contributed by atoms with Crippen molar-refractivity contribution in [3.63, 3.8) is 0 Å². The summed E-state index contributed by atoms with van der Waals surface area (Å²) in [4.78, 5) is 12.1. The lowest BCUT2D eigenvalue weighted by Gasteiger charge is -2.10. The topological polar surface area (TPSA) is 97.5 Å². The maximum absolute atomic E-state index is 13.1. The van der Waals surface area contributed by atoms with Crippen molar-refractivity contribution in [3.8, 4) is 0 Å². The molecule has 5 nitrogen and oxygen atoms in total. The number of carboxylic acid groups (broad SMARTS) is 1. The molecule has 3 N–H and O–H groups in total. The van der Waals surface area contributed by atoms with Crippen molar-refractivity contribution in [2.75, 3.05) is 6.54 Å². The molecular formula is C19H21NO4S. The summed E-state index contributed by atoms with van der Waals surface area (Å²) in [5, 5.41) is 8.71. The van der Waals surface area contributed by atoms with Gasteiger partial charge in [0.05, 0.1) is 10.1 Å². The van der Waals surface area contributed by atoms with Crippen LogP contribution in [0, 0.1) is 5.41 Å². The molecule has 0 unspecified atom stereocenters. The van der Waals surface area contributed by atoms with E-state index in [2.05, 4.69) is 0 Å². The van der Waals surface area contributed by atoms with Gasteiger partial charge < -0.3 is 10.8 Å². The van der Waals surface area contributed by atoms with E-state index >= 15 is 0 Å².